The van der Waals surface area contributed by atoms with E-state index in [-0.39, 0.29) is 0 Å². The lowest BCUT2D eigenvalue weighted by Crippen LogP contribution is -1.90. The molecule has 0 saturated heterocycles. The van der Waals surface area contributed by atoms with Gasteiger partial charge in [-0.1, -0.05) is 35.9 Å². The maximum absolute atomic E-state index is 4.63. The van der Waals surface area contributed by atoms with Crippen molar-refractivity contribution >= 4 is 11.0 Å². The van der Waals surface area contributed by atoms with Crippen LogP contribution in [0.1, 0.15) is 5.56 Å². The van der Waals surface area contributed by atoms with Gasteiger partial charge in [-0.25, -0.2) is 4.98 Å². The van der Waals surface area contributed by atoms with Crippen LogP contribution in [0.4, 0.5) is 0 Å². The van der Waals surface area contributed by atoms with Gasteiger partial charge in [0, 0.05) is 24.4 Å². The van der Waals surface area contributed by atoms with Crippen molar-refractivity contribution in [3.63, 3.8) is 0 Å². The summed E-state index contributed by atoms with van der Waals surface area (Å²) in [7, 11) is 2.02. The van der Waals surface area contributed by atoms with Crippen LogP contribution < -0.4 is 0 Å². The third-order valence-corrected chi connectivity index (χ3v) is 4.14. The minimum absolute atomic E-state index is 1.01. The Kier molecular flexibility index (Phi) is 3.19. The summed E-state index contributed by atoms with van der Waals surface area (Å²) in [5.41, 5.74) is 7.83. The fourth-order valence-corrected chi connectivity index (χ4v) is 2.95. The van der Waals surface area contributed by atoms with Gasteiger partial charge in [0.2, 0.25) is 0 Å². The maximum atomic E-state index is 4.63. The van der Waals surface area contributed by atoms with Crippen molar-refractivity contribution in [3.8, 4) is 22.4 Å². The topological polar surface area (TPSA) is 30.7 Å². The third kappa shape index (κ3) is 2.40. The molecule has 23 heavy (non-hydrogen) atoms. The van der Waals surface area contributed by atoms with Crippen molar-refractivity contribution < 1.29 is 0 Å². The van der Waals surface area contributed by atoms with Crippen LogP contribution in [0.3, 0.4) is 0 Å². The van der Waals surface area contributed by atoms with Crippen molar-refractivity contribution in [1.29, 1.82) is 0 Å². The Balaban J connectivity index is 1.93. The Bertz CT molecular complexity index is 999. The fraction of sp³-hybridized carbons (Fsp3) is 0.100. The number of aromatic nitrogens is 3. The molecule has 0 radical (unpaired) electrons. The molecule has 0 fully saturated rings. The first-order valence-electron chi connectivity index (χ1n) is 7.66. The van der Waals surface area contributed by atoms with Crippen LogP contribution in [-0.4, -0.2) is 14.5 Å². The molecule has 4 rings (SSSR count). The summed E-state index contributed by atoms with van der Waals surface area (Å²) in [5.74, 6) is 0. The monoisotopic (exact) mass is 299 g/mol. The zero-order valence-electron chi connectivity index (χ0n) is 13.2. The van der Waals surface area contributed by atoms with Gasteiger partial charge in [0.15, 0.2) is 0 Å². The van der Waals surface area contributed by atoms with Crippen molar-refractivity contribution in [2.45, 2.75) is 6.92 Å². The molecule has 0 aliphatic rings. The van der Waals surface area contributed by atoms with Crippen molar-refractivity contribution in [2.24, 2.45) is 7.05 Å². The minimum atomic E-state index is 1.01. The first kappa shape index (κ1) is 13.7. The Morgan fingerprint density at radius 2 is 1.78 bits per heavy atom. The number of pyridine rings is 1. The van der Waals surface area contributed by atoms with Gasteiger partial charge in [-0.05, 0) is 36.8 Å². The second-order valence-corrected chi connectivity index (χ2v) is 5.83. The van der Waals surface area contributed by atoms with E-state index in [4.69, 9.17) is 0 Å². The number of rotatable bonds is 2. The lowest BCUT2D eigenvalue weighted by Gasteiger charge is -2.10. The van der Waals surface area contributed by atoms with E-state index in [9.17, 15) is 0 Å². The van der Waals surface area contributed by atoms with Crippen LogP contribution in [0.2, 0.25) is 0 Å². The molecule has 2 heterocycles. The molecule has 4 aromatic rings. The second-order valence-electron chi connectivity index (χ2n) is 5.83. The summed E-state index contributed by atoms with van der Waals surface area (Å²) in [6.45, 7) is 2.10. The van der Waals surface area contributed by atoms with Gasteiger partial charge in [0.25, 0.3) is 0 Å². The Labute approximate surface area is 135 Å². The summed E-state index contributed by atoms with van der Waals surface area (Å²) >= 11 is 0. The first-order chi connectivity index (χ1) is 11.2. The van der Waals surface area contributed by atoms with E-state index in [1.165, 1.54) is 5.56 Å². The number of imidazole rings is 1. The van der Waals surface area contributed by atoms with E-state index >= 15 is 0 Å². The Morgan fingerprint density at radius 3 is 2.65 bits per heavy atom. The average molecular weight is 299 g/mol. The number of aryl methyl sites for hydroxylation is 2. The van der Waals surface area contributed by atoms with E-state index in [1.54, 1.807) is 0 Å². The highest BCUT2D eigenvalue weighted by Gasteiger charge is 2.10. The zero-order chi connectivity index (χ0) is 15.8. The third-order valence-electron chi connectivity index (χ3n) is 4.14. The van der Waals surface area contributed by atoms with Crippen LogP contribution in [0.25, 0.3) is 33.4 Å². The lowest BCUT2D eigenvalue weighted by atomic mass is 9.98. The van der Waals surface area contributed by atoms with E-state index < -0.39 is 0 Å². The van der Waals surface area contributed by atoms with Crippen LogP contribution in [0, 0.1) is 6.92 Å². The summed E-state index contributed by atoms with van der Waals surface area (Å²) in [5, 5.41) is 0. The molecule has 3 heteroatoms. The lowest BCUT2D eigenvalue weighted by molar-refractivity contribution is 0.948. The second kappa shape index (κ2) is 5.36. The largest absolute Gasteiger partial charge is 0.334 e. The molecule has 112 valence electrons. The molecule has 0 N–H and O–H groups in total. The van der Waals surface area contributed by atoms with Gasteiger partial charge in [-0.15, -0.1) is 0 Å². The van der Waals surface area contributed by atoms with Gasteiger partial charge in [0.1, 0.15) is 0 Å². The van der Waals surface area contributed by atoms with Gasteiger partial charge in [-0.3, -0.25) is 4.98 Å². The molecule has 2 aromatic heterocycles. The smallest absolute Gasteiger partial charge is 0.0955 e. The predicted octanol–water partition coefficient (Wildman–Crippen LogP) is 4.61. The molecule has 0 spiro atoms. The molecular weight excluding hydrogens is 282 g/mol. The fourth-order valence-electron chi connectivity index (χ4n) is 2.95. The van der Waals surface area contributed by atoms with Gasteiger partial charge in [0.05, 0.1) is 23.1 Å². The zero-order valence-corrected chi connectivity index (χ0v) is 13.2. The van der Waals surface area contributed by atoms with E-state index in [1.807, 2.05) is 30.2 Å². The first-order valence-corrected chi connectivity index (χ1v) is 7.66. The van der Waals surface area contributed by atoms with Crippen LogP contribution in [0.15, 0.2) is 67.1 Å². The number of hydrogen-bond donors (Lipinski definition) is 0. The molecule has 0 saturated carbocycles. The quantitative estimate of drug-likeness (QED) is 0.541. The molecule has 0 aliphatic heterocycles. The van der Waals surface area contributed by atoms with E-state index in [0.717, 1.165) is 33.4 Å². The SMILES string of the molecule is Cc1cccc(-c2ncccc2-c2ccc3ncn(C)c3c2)c1. The Morgan fingerprint density at radius 1 is 0.870 bits per heavy atom. The number of benzene rings is 2. The van der Waals surface area contributed by atoms with Gasteiger partial charge in [-0.2, -0.15) is 0 Å². The molecule has 0 bridgehead atoms. The van der Waals surface area contributed by atoms with E-state index in [2.05, 4.69) is 65.4 Å². The standard InChI is InChI=1S/C20H17N3/c1-14-5-3-6-16(11-14)20-17(7-4-10-21-20)15-8-9-18-19(12-15)23(2)13-22-18/h3-13H,1-2H3. The van der Waals surface area contributed by atoms with Crippen molar-refractivity contribution in [3.05, 3.63) is 72.7 Å². The number of fused-ring (bicyclic) bond motifs is 1. The van der Waals surface area contributed by atoms with Gasteiger partial charge < -0.3 is 4.57 Å². The molecular formula is C20H17N3. The van der Waals surface area contributed by atoms with Crippen LogP contribution in [-0.2, 0) is 7.05 Å². The normalized spacial score (nSPS) is 11.0. The minimum Gasteiger partial charge on any atom is -0.334 e. The molecule has 0 amide bonds. The molecule has 2 aromatic carbocycles. The number of nitrogens with zero attached hydrogens (tertiary/aromatic N) is 3. The highest BCUT2D eigenvalue weighted by molar-refractivity contribution is 5.87. The highest BCUT2D eigenvalue weighted by Crippen LogP contribution is 2.32. The molecule has 0 atom stereocenters. The van der Waals surface area contributed by atoms with Crippen LogP contribution in [0.5, 0.6) is 0 Å². The highest BCUT2D eigenvalue weighted by atomic mass is 15.0. The Hall–Kier alpha value is -2.94. The van der Waals surface area contributed by atoms with Crippen molar-refractivity contribution in [1.82, 2.24) is 14.5 Å². The molecule has 0 unspecified atom stereocenters. The summed E-state index contributed by atoms with van der Waals surface area (Å²) in [6.07, 6.45) is 3.70. The molecule has 0 aliphatic carbocycles. The van der Waals surface area contributed by atoms with Crippen molar-refractivity contribution in [2.75, 3.05) is 0 Å². The van der Waals surface area contributed by atoms with E-state index in [0.29, 0.717) is 0 Å². The predicted molar refractivity (Wildman–Crippen MR) is 94.1 cm³/mol. The average Bonchev–Trinajstić information content (AvgIpc) is 2.95. The summed E-state index contributed by atoms with van der Waals surface area (Å²) in [4.78, 5) is 9.03. The maximum Gasteiger partial charge on any atom is 0.0955 e. The van der Waals surface area contributed by atoms with Gasteiger partial charge >= 0.3 is 0 Å². The summed E-state index contributed by atoms with van der Waals surface area (Å²) in [6, 6.07) is 18.9. The summed E-state index contributed by atoms with van der Waals surface area (Å²) < 4.78 is 2.04. The van der Waals surface area contributed by atoms with Crippen LogP contribution >= 0.6 is 0 Å². The number of hydrogen-bond acceptors (Lipinski definition) is 2. The molecule has 3 nitrogen and oxygen atoms in total.